The molecule has 2 N–H and O–H groups in total. The van der Waals surface area contributed by atoms with Gasteiger partial charge in [0.2, 0.25) is 0 Å². The van der Waals surface area contributed by atoms with Crippen LogP contribution in [0.5, 0.6) is 0 Å². The molecule has 7 heteroatoms. The van der Waals surface area contributed by atoms with Crippen molar-refractivity contribution in [3.63, 3.8) is 0 Å². The van der Waals surface area contributed by atoms with Crippen molar-refractivity contribution < 1.29 is 13.9 Å². The molecule has 0 unspecified atom stereocenters. The van der Waals surface area contributed by atoms with E-state index >= 15 is 0 Å². The van der Waals surface area contributed by atoms with Gasteiger partial charge in [-0.05, 0) is 18.6 Å². The number of ether oxygens (including phenoxy) is 1. The van der Waals surface area contributed by atoms with Gasteiger partial charge in [0.25, 0.3) is 0 Å². The largest absolute Gasteiger partial charge is 0.461 e. The predicted molar refractivity (Wildman–Crippen MR) is 65.9 cm³/mol. The summed E-state index contributed by atoms with van der Waals surface area (Å²) in [6.45, 7) is 2.14. The number of anilines is 1. The number of aromatic nitrogens is 3. The minimum Gasteiger partial charge on any atom is -0.461 e. The first kappa shape index (κ1) is 13.0. The Morgan fingerprint density at radius 2 is 2.32 bits per heavy atom. The Hall–Kier alpha value is -2.44. The maximum Gasteiger partial charge on any atom is 0.359 e. The second-order valence-electron chi connectivity index (χ2n) is 3.87. The highest BCUT2D eigenvalue weighted by Crippen LogP contribution is 2.10. The number of nitrogens with two attached hydrogens (primary N) is 1. The average Bonchev–Trinajstić information content (AvgIpc) is 2.75. The van der Waals surface area contributed by atoms with Crippen LogP contribution in [0.1, 0.15) is 23.0 Å². The Balaban J connectivity index is 2.16. The van der Waals surface area contributed by atoms with Crippen molar-refractivity contribution in [1.29, 1.82) is 0 Å². The van der Waals surface area contributed by atoms with Crippen LogP contribution in [0.2, 0.25) is 0 Å². The van der Waals surface area contributed by atoms with Gasteiger partial charge in [0.15, 0.2) is 11.5 Å². The van der Waals surface area contributed by atoms with Gasteiger partial charge >= 0.3 is 5.97 Å². The lowest BCUT2D eigenvalue weighted by Gasteiger charge is -2.05. The van der Waals surface area contributed by atoms with Crippen molar-refractivity contribution in [2.75, 3.05) is 12.3 Å². The van der Waals surface area contributed by atoms with Crippen LogP contribution in [0, 0.1) is 5.82 Å². The zero-order valence-electron chi connectivity index (χ0n) is 10.3. The van der Waals surface area contributed by atoms with Gasteiger partial charge in [-0.3, -0.25) is 4.68 Å². The van der Waals surface area contributed by atoms with Crippen LogP contribution in [0.25, 0.3) is 0 Å². The van der Waals surface area contributed by atoms with Crippen molar-refractivity contribution >= 4 is 11.7 Å². The van der Waals surface area contributed by atoms with Crippen molar-refractivity contribution in [2.24, 2.45) is 0 Å². The van der Waals surface area contributed by atoms with Crippen LogP contribution in [0.15, 0.2) is 24.7 Å². The highest BCUT2D eigenvalue weighted by molar-refractivity contribution is 5.87. The zero-order chi connectivity index (χ0) is 13.8. The second kappa shape index (κ2) is 5.47. The summed E-state index contributed by atoms with van der Waals surface area (Å²) >= 11 is 0. The summed E-state index contributed by atoms with van der Waals surface area (Å²) in [7, 11) is 0. The van der Waals surface area contributed by atoms with Crippen LogP contribution in [0.3, 0.4) is 0 Å². The molecule has 6 nitrogen and oxygen atoms in total. The summed E-state index contributed by atoms with van der Waals surface area (Å²) in [6, 6.07) is 1.23. The Morgan fingerprint density at radius 3 is 2.89 bits per heavy atom. The molecule has 0 saturated carbocycles. The van der Waals surface area contributed by atoms with Crippen LogP contribution < -0.4 is 5.73 Å². The molecule has 2 aromatic heterocycles. The molecule has 100 valence electrons. The van der Waals surface area contributed by atoms with Crippen LogP contribution in [0.4, 0.5) is 10.1 Å². The lowest BCUT2D eigenvalue weighted by Crippen LogP contribution is -2.11. The number of carbonyl (C=O) groups excluding carboxylic acids is 1. The van der Waals surface area contributed by atoms with E-state index in [4.69, 9.17) is 10.5 Å². The number of hydrogen-bond acceptors (Lipinski definition) is 5. The smallest absolute Gasteiger partial charge is 0.359 e. The van der Waals surface area contributed by atoms with Gasteiger partial charge in [-0.2, -0.15) is 5.10 Å². The highest BCUT2D eigenvalue weighted by Gasteiger charge is 2.15. The summed E-state index contributed by atoms with van der Waals surface area (Å²) in [5.41, 5.74) is 6.31. The van der Waals surface area contributed by atoms with Gasteiger partial charge in [-0.25, -0.2) is 14.2 Å². The molecule has 0 aliphatic heterocycles. The molecule has 2 rings (SSSR count). The fourth-order valence-corrected chi connectivity index (χ4v) is 1.57. The lowest BCUT2D eigenvalue weighted by atomic mass is 10.2. The number of hydrogen-bond donors (Lipinski definition) is 1. The van der Waals surface area contributed by atoms with Gasteiger partial charge in [-0.1, -0.05) is 0 Å². The first-order chi connectivity index (χ1) is 9.10. The number of nitrogens with zero attached hydrogens (tertiary/aromatic N) is 3. The molecular formula is C12H13FN4O2. The second-order valence-corrected chi connectivity index (χ2v) is 3.87. The van der Waals surface area contributed by atoms with E-state index in [1.54, 1.807) is 17.8 Å². The van der Waals surface area contributed by atoms with E-state index in [0.29, 0.717) is 17.8 Å². The first-order valence-corrected chi connectivity index (χ1v) is 5.69. The molecule has 0 atom stereocenters. The lowest BCUT2D eigenvalue weighted by molar-refractivity contribution is 0.0513. The summed E-state index contributed by atoms with van der Waals surface area (Å²) < 4.78 is 20.0. The number of esters is 1. The van der Waals surface area contributed by atoms with Crippen LogP contribution >= 0.6 is 0 Å². The van der Waals surface area contributed by atoms with Crippen molar-refractivity contribution in [3.8, 4) is 0 Å². The SMILES string of the molecule is CCOC(=O)c1ncc(Cn2cc(N)cn2)cc1F. The summed E-state index contributed by atoms with van der Waals surface area (Å²) in [5.74, 6) is -1.48. The molecule has 0 aromatic carbocycles. The fourth-order valence-electron chi connectivity index (χ4n) is 1.57. The third-order valence-electron chi connectivity index (χ3n) is 2.36. The molecule has 0 spiro atoms. The number of carbonyl (C=O) groups is 1. The molecule has 0 saturated heterocycles. The average molecular weight is 264 g/mol. The van der Waals surface area contributed by atoms with E-state index in [2.05, 4.69) is 10.1 Å². The Labute approximate surface area is 109 Å². The third kappa shape index (κ3) is 3.06. The molecule has 2 aromatic rings. The predicted octanol–water partition coefficient (Wildman–Crippen LogP) is 1.22. The quantitative estimate of drug-likeness (QED) is 0.839. The summed E-state index contributed by atoms with van der Waals surface area (Å²) in [6.07, 6.45) is 4.53. The van der Waals surface area contributed by atoms with E-state index < -0.39 is 11.8 Å². The molecule has 0 amide bonds. The monoisotopic (exact) mass is 264 g/mol. The van der Waals surface area contributed by atoms with Gasteiger partial charge in [0, 0.05) is 12.4 Å². The number of pyridine rings is 1. The van der Waals surface area contributed by atoms with E-state index in [1.165, 1.54) is 18.5 Å². The number of nitrogen functional groups attached to an aromatic ring is 1. The first-order valence-electron chi connectivity index (χ1n) is 5.69. The van der Waals surface area contributed by atoms with E-state index in [1.807, 2.05) is 0 Å². The normalized spacial score (nSPS) is 10.4. The highest BCUT2D eigenvalue weighted by atomic mass is 19.1. The molecule has 0 aliphatic carbocycles. The van der Waals surface area contributed by atoms with Crippen molar-refractivity contribution in [3.05, 3.63) is 41.7 Å². The Morgan fingerprint density at radius 1 is 1.53 bits per heavy atom. The minimum atomic E-state index is -0.769. The van der Waals surface area contributed by atoms with E-state index in [-0.39, 0.29) is 12.3 Å². The number of halogens is 1. The maximum atomic E-state index is 13.7. The van der Waals surface area contributed by atoms with Crippen molar-refractivity contribution in [1.82, 2.24) is 14.8 Å². The maximum absolute atomic E-state index is 13.7. The third-order valence-corrected chi connectivity index (χ3v) is 2.36. The molecule has 0 fully saturated rings. The van der Waals surface area contributed by atoms with Gasteiger partial charge in [0.1, 0.15) is 0 Å². The standard InChI is InChI=1S/C12H13FN4O2/c1-2-19-12(18)11-10(13)3-8(4-15-11)6-17-7-9(14)5-16-17/h3-5,7H,2,6,14H2,1H3. The topological polar surface area (TPSA) is 83.0 Å². The molecule has 0 aliphatic rings. The Bertz CT molecular complexity index is 597. The summed E-state index contributed by atoms with van der Waals surface area (Å²) in [4.78, 5) is 15.2. The molecule has 0 bridgehead atoms. The van der Waals surface area contributed by atoms with Crippen molar-refractivity contribution in [2.45, 2.75) is 13.5 Å². The minimum absolute atomic E-state index is 0.175. The molecule has 19 heavy (non-hydrogen) atoms. The van der Waals surface area contributed by atoms with E-state index in [0.717, 1.165) is 0 Å². The van der Waals surface area contributed by atoms with Gasteiger partial charge in [-0.15, -0.1) is 0 Å². The van der Waals surface area contributed by atoms with Gasteiger partial charge < -0.3 is 10.5 Å². The molecule has 0 radical (unpaired) electrons. The zero-order valence-corrected chi connectivity index (χ0v) is 10.3. The van der Waals surface area contributed by atoms with E-state index in [9.17, 15) is 9.18 Å². The summed E-state index contributed by atoms with van der Waals surface area (Å²) in [5, 5.41) is 3.98. The van der Waals surface area contributed by atoms with Crippen LogP contribution in [-0.4, -0.2) is 27.3 Å². The fraction of sp³-hybridized carbons (Fsp3) is 0.250. The molecular weight excluding hydrogens is 251 g/mol. The van der Waals surface area contributed by atoms with Gasteiger partial charge in [0.05, 0.1) is 25.0 Å². The molecule has 2 heterocycles. The van der Waals surface area contributed by atoms with Crippen LogP contribution in [-0.2, 0) is 11.3 Å². The number of rotatable bonds is 4. The Kier molecular flexibility index (Phi) is 3.74.